The van der Waals surface area contributed by atoms with Crippen LogP contribution in [-0.2, 0) is 0 Å². The van der Waals surface area contributed by atoms with E-state index in [-0.39, 0.29) is 23.9 Å². The molecule has 9 nitrogen and oxygen atoms in total. The van der Waals surface area contributed by atoms with Crippen molar-refractivity contribution in [3.8, 4) is 39.9 Å². The number of ether oxygens (including phenoxy) is 2. The molecule has 37 heavy (non-hydrogen) atoms. The number of halogens is 1. The molecule has 0 amide bonds. The Morgan fingerprint density at radius 3 is 2.68 bits per heavy atom. The number of hydrogen-bond acceptors (Lipinski definition) is 9. The first kappa shape index (κ1) is 22.7. The summed E-state index contributed by atoms with van der Waals surface area (Å²) in [4.78, 5) is 11.0. The molecule has 3 aliphatic heterocycles. The van der Waals surface area contributed by atoms with Crippen molar-refractivity contribution in [3.05, 3.63) is 36.7 Å². The summed E-state index contributed by atoms with van der Waals surface area (Å²) in [6.45, 7) is 0.957. The standard InChI is InChI=1S/C27H29FN6O3/c28-25-20-3-1-2-17(31-20)12-21(25)34(18-5-6-18)24-14-29-26(33-32-24)19-7-4-15(10-22(19)35)16-11-23-27(30-13-16)37-9-8-36-23/h4,7,10-11,13-14,17-18,20-21,25,31,35H,1-3,5-6,8-9,12H2/t17-,20-,21+,25-/m0/s1. The maximum atomic E-state index is 15.5. The maximum Gasteiger partial charge on any atom is 0.257 e. The van der Waals surface area contributed by atoms with Gasteiger partial charge in [0.2, 0.25) is 0 Å². The van der Waals surface area contributed by atoms with Gasteiger partial charge in [0.15, 0.2) is 17.4 Å². The van der Waals surface area contributed by atoms with Crippen molar-refractivity contribution in [2.45, 2.75) is 68.9 Å². The number of hydrogen-bond donors (Lipinski definition) is 2. The highest BCUT2D eigenvalue weighted by molar-refractivity contribution is 5.73. The number of alkyl halides is 1. The number of anilines is 1. The summed E-state index contributed by atoms with van der Waals surface area (Å²) < 4.78 is 26.6. The minimum absolute atomic E-state index is 0.0380. The van der Waals surface area contributed by atoms with Gasteiger partial charge < -0.3 is 24.8 Å². The van der Waals surface area contributed by atoms with Gasteiger partial charge in [-0.3, -0.25) is 0 Å². The Labute approximate surface area is 214 Å². The number of piperidine rings is 2. The van der Waals surface area contributed by atoms with Crippen LogP contribution in [0.3, 0.4) is 0 Å². The lowest BCUT2D eigenvalue weighted by atomic mass is 9.82. The molecule has 5 heterocycles. The zero-order valence-electron chi connectivity index (χ0n) is 20.4. The number of nitrogens with zero attached hydrogens (tertiary/aromatic N) is 5. The number of rotatable bonds is 5. The molecule has 7 rings (SSSR count). The summed E-state index contributed by atoms with van der Waals surface area (Å²) in [6, 6.07) is 7.49. The average molecular weight is 505 g/mol. The normalized spacial score (nSPS) is 26.5. The zero-order chi connectivity index (χ0) is 24.9. The number of nitrogens with one attached hydrogen (secondary N) is 1. The van der Waals surface area contributed by atoms with Crippen LogP contribution in [0.25, 0.3) is 22.5 Å². The minimum Gasteiger partial charge on any atom is -0.507 e. The van der Waals surface area contributed by atoms with Crippen LogP contribution in [0.2, 0.25) is 0 Å². The fourth-order valence-electron chi connectivity index (χ4n) is 5.93. The minimum atomic E-state index is -0.940. The molecule has 10 heteroatoms. The van der Waals surface area contributed by atoms with Crippen molar-refractivity contribution in [2.75, 3.05) is 18.1 Å². The van der Waals surface area contributed by atoms with Crippen LogP contribution in [0, 0.1) is 0 Å². The van der Waals surface area contributed by atoms with Gasteiger partial charge in [-0.25, -0.2) is 14.4 Å². The van der Waals surface area contributed by atoms with E-state index in [1.807, 2.05) is 12.1 Å². The summed E-state index contributed by atoms with van der Waals surface area (Å²) in [7, 11) is 0. The molecular weight excluding hydrogens is 475 g/mol. The first-order valence-corrected chi connectivity index (χ1v) is 13.1. The van der Waals surface area contributed by atoms with Gasteiger partial charge in [0.05, 0.1) is 17.8 Å². The second kappa shape index (κ2) is 9.09. The Kier molecular flexibility index (Phi) is 5.57. The Morgan fingerprint density at radius 2 is 1.86 bits per heavy atom. The summed E-state index contributed by atoms with van der Waals surface area (Å²) in [6.07, 6.45) is 8.32. The molecule has 192 valence electrons. The summed E-state index contributed by atoms with van der Waals surface area (Å²) >= 11 is 0. The third-order valence-corrected chi connectivity index (χ3v) is 7.88. The fraction of sp³-hybridized carbons (Fsp3) is 0.481. The lowest BCUT2D eigenvalue weighted by molar-refractivity contribution is 0.104. The van der Waals surface area contributed by atoms with E-state index in [9.17, 15) is 5.11 Å². The van der Waals surface area contributed by atoms with E-state index in [0.717, 1.165) is 49.7 Å². The Hall–Kier alpha value is -3.53. The molecular formula is C27H29FN6O3. The highest BCUT2D eigenvalue weighted by atomic mass is 19.1. The number of aromatic nitrogens is 4. The van der Waals surface area contributed by atoms with E-state index >= 15 is 4.39 Å². The van der Waals surface area contributed by atoms with Crippen LogP contribution in [0.5, 0.6) is 17.4 Å². The van der Waals surface area contributed by atoms with E-state index < -0.39 is 6.17 Å². The second-order valence-electron chi connectivity index (χ2n) is 10.4. The molecule has 2 bridgehead atoms. The molecule has 1 aliphatic carbocycles. The topological polar surface area (TPSA) is 106 Å². The summed E-state index contributed by atoms with van der Waals surface area (Å²) in [5.74, 6) is 2.03. The van der Waals surface area contributed by atoms with Gasteiger partial charge in [-0.05, 0) is 55.9 Å². The molecule has 0 unspecified atom stereocenters. The SMILES string of the molecule is Oc1cc(-c2cnc3c(c2)OCCO3)ccc1-c1ncc(N(C2CC2)[C@@H]2C[C@@H]3CCC[C@H](N3)[C@@H]2F)nn1. The average Bonchev–Trinajstić information content (AvgIpc) is 3.77. The van der Waals surface area contributed by atoms with Gasteiger partial charge in [-0.1, -0.05) is 12.5 Å². The lowest BCUT2D eigenvalue weighted by Crippen LogP contribution is -2.62. The predicted molar refractivity (Wildman–Crippen MR) is 135 cm³/mol. The first-order valence-electron chi connectivity index (χ1n) is 13.1. The first-order chi connectivity index (χ1) is 18.1. The highest BCUT2D eigenvalue weighted by Gasteiger charge is 2.46. The zero-order valence-corrected chi connectivity index (χ0v) is 20.4. The molecule has 2 saturated heterocycles. The fourth-order valence-corrected chi connectivity index (χ4v) is 5.93. The summed E-state index contributed by atoms with van der Waals surface area (Å²) in [5.41, 5.74) is 2.06. The van der Waals surface area contributed by atoms with E-state index in [2.05, 4.69) is 30.4 Å². The monoisotopic (exact) mass is 504 g/mol. The number of aromatic hydroxyl groups is 1. The Balaban J connectivity index is 1.13. The van der Waals surface area contributed by atoms with Crippen LogP contribution >= 0.6 is 0 Å². The molecule has 3 fully saturated rings. The molecule has 0 radical (unpaired) electrons. The van der Waals surface area contributed by atoms with E-state index in [0.29, 0.717) is 48.1 Å². The molecule has 2 N–H and O–H groups in total. The number of pyridine rings is 1. The Morgan fingerprint density at radius 1 is 0.973 bits per heavy atom. The van der Waals surface area contributed by atoms with Gasteiger partial charge in [-0.15, -0.1) is 10.2 Å². The maximum absolute atomic E-state index is 15.5. The van der Waals surface area contributed by atoms with Crippen molar-refractivity contribution in [1.29, 1.82) is 0 Å². The molecule has 4 aliphatic rings. The van der Waals surface area contributed by atoms with Gasteiger partial charge >= 0.3 is 0 Å². The van der Waals surface area contributed by atoms with Gasteiger partial charge in [0, 0.05) is 29.9 Å². The van der Waals surface area contributed by atoms with Crippen LogP contribution in [0.1, 0.15) is 38.5 Å². The van der Waals surface area contributed by atoms with E-state index in [4.69, 9.17) is 9.47 Å². The van der Waals surface area contributed by atoms with Crippen molar-refractivity contribution >= 4 is 5.82 Å². The van der Waals surface area contributed by atoms with Crippen LogP contribution < -0.4 is 19.7 Å². The Bertz CT molecular complexity index is 1300. The second-order valence-corrected chi connectivity index (χ2v) is 10.4. The van der Waals surface area contributed by atoms with Crippen molar-refractivity contribution in [2.24, 2.45) is 0 Å². The molecule has 2 aromatic heterocycles. The molecule has 4 atom stereocenters. The van der Waals surface area contributed by atoms with E-state index in [1.54, 1.807) is 24.5 Å². The molecule has 1 aromatic carbocycles. The number of phenolic OH excluding ortho intramolecular Hbond substituents is 1. The van der Waals surface area contributed by atoms with Gasteiger partial charge in [-0.2, -0.15) is 0 Å². The lowest BCUT2D eigenvalue weighted by Gasteiger charge is -2.47. The largest absolute Gasteiger partial charge is 0.507 e. The molecule has 3 aromatic rings. The van der Waals surface area contributed by atoms with Gasteiger partial charge in [0.25, 0.3) is 5.88 Å². The smallest absolute Gasteiger partial charge is 0.257 e. The predicted octanol–water partition coefficient (Wildman–Crippen LogP) is 3.67. The van der Waals surface area contributed by atoms with E-state index in [1.165, 1.54) is 0 Å². The number of phenols is 1. The quantitative estimate of drug-likeness (QED) is 0.538. The van der Waals surface area contributed by atoms with Crippen LogP contribution in [0.15, 0.2) is 36.7 Å². The van der Waals surface area contributed by atoms with Crippen LogP contribution in [-0.4, -0.2) is 68.8 Å². The van der Waals surface area contributed by atoms with Crippen molar-refractivity contribution in [1.82, 2.24) is 25.5 Å². The van der Waals surface area contributed by atoms with Crippen molar-refractivity contribution in [3.63, 3.8) is 0 Å². The van der Waals surface area contributed by atoms with Crippen molar-refractivity contribution < 1.29 is 19.0 Å². The third-order valence-electron chi connectivity index (χ3n) is 7.88. The third kappa shape index (κ3) is 4.22. The van der Waals surface area contributed by atoms with Crippen LogP contribution in [0.4, 0.5) is 10.2 Å². The molecule has 0 spiro atoms. The summed E-state index contributed by atoms with van der Waals surface area (Å²) in [5, 5.41) is 23.1. The molecule has 1 saturated carbocycles. The number of benzene rings is 1. The van der Waals surface area contributed by atoms with Gasteiger partial charge in [0.1, 0.15) is 25.1 Å². The number of fused-ring (bicyclic) bond motifs is 3. The highest BCUT2D eigenvalue weighted by Crippen LogP contribution is 2.40.